The van der Waals surface area contributed by atoms with Gasteiger partial charge in [0, 0.05) is 19.8 Å². The van der Waals surface area contributed by atoms with Crippen LogP contribution in [0, 0.1) is 0 Å². The van der Waals surface area contributed by atoms with Crippen molar-refractivity contribution in [1.82, 2.24) is 14.8 Å². The smallest absolute Gasteiger partial charge is 0.315 e. The van der Waals surface area contributed by atoms with Gasteiger partial charge in [-0.25, -0.2) is 9.89 Å². The van der Waals surface area contributed by atoms with Crippen LogP contribution in [0.2, 0.25) is 0 Å². The Labute approximate surface area is 114 Å². The molecule has 0 aliphatic heterocycles. The molecule has 2 rings (SSSR count). The molecule has 1 aromatic heterocycles. The van der Waals surface area contributed by atoms with Gasteiger partial charge in [-0.1, -0.05) is 30.0 Å². The third-order valence-corrected chi connectivity index (χ3v) is 3.70. The van der Waals surface area contributed by atoms with Crippen molar-refractivity contribution < 1.29 is 4.79 Å². The molecule has 0 aliphatic rings. The van der Waals surface area contributed by atoms with E-state index in [1.807, 2.05) is 30.3 Å². The first-order valence-corrected chi connectivity index (χ1v) is 6.64. The number of rotatable bonds is 4. The third-order valence-electron chi connectivity index (χ3n) is 2.68. The quantitative estimate of drug-likeness (QED) is 0.842. The van der Waals surface area contributed by atoms with E-state index >= 15 is 0 Å². The Bertz CT molecular complexity index is 620. The minimum absolute atomic E-state index is 0.0494. The minimum Gasteiger partial charge on any atom is -0.315 e. The van der Waals surface area contributed by atoms with Gasteiger partial charge in [0.05, 0.1) is 5.75 Å². The molecule has 0 unspecified atom stereocenters. The molecule has 1 heterocycles. The number of nitrogens with one attached hydrogen (secondary N) is 1. The highest BCUT2D eigenvalue weighted by Gasteiger charge is 2.13. The number of carbonyl (C=O) groups excluding carboxylic acids is 1. The topological polar surface area (TPSA) is 71.0 Å². The van der Waals surface area contributed by atoms with Crippen molar-refractivity contribution in [2.75, 3.05) is 17.7 Å². The van der Waals surface area contributed by atoms with Gasteiger partial charge in [-0.2, -0.15) is 0 Å². The van der Waals surface area contributed by atoms with E-state index < -0.39 is 0 Å². The van der Waals surface area contributed by atoms with Gasteiger partial charge in [-0.15, -0.1) is 5.10 Å². The van der Waals surface area contributed by atoms with Crippen molar-refractivity contribution in [3.8, 4) is 0 Å². The predicted molar refractivity (Wildman–Crippen MR) is 74.4 cm³/mol. The summed E-state index contributed by atoms with van der Waals surface area (Å²) in [6.07, 6.45) is 0. The molecule has 0 radical (unpaired) electrons. The van der Waals surface area contributed by atoms with Gasteiger partial charge in [-0.3, -0.25) is 9.36 Å². The molecule has 19 heavy (non-hydrogen) atoms. The number of nitrogens with zero attached hydrogens (tertiary/aromatic N) is 3. The molecule has 6 nitrogen and oxygen atoms in total. The molecule has 2 aromatic rings. The average molecular weight is 278 g/mol. The number of hydrogen-bond acceptors (Lipinski definition) is 4. The molecule has 1 N–H and O–H groups in total. The number of H-pyrrole nitrogens is 1. The Balaban J connectivity index is 1.98. The average Bonchev–Trinajstić information content (AvgIpc) is 2.76. The van der Waals surface area contributed by atoms with Crippen LogP contribution in [0.15, 0.2) is 40.3 Å². The standard InChI is InChI=1S/C12H14N4O2S/c1-15(9-6-4-3-5-7-9)10(17)8-19-12-14-13-11(18)16(12)2/h3-7H,8H2,1-2H3,(H,13,18). The maximum absolute atomic E-state index is 12.0. The summed E-state index contributed by atoms with van der Waals surface area (Å²) in [5.41, 5.74) is 0.551. The van der Waals surface area contributed by atoms with Crippen molar-refractivity contribution in [3.05, 3.63) is 40.8 Å². The lowest BCUT2D eigenvalue weighted by molar-refractivity contribution is -0.115. The van der Waals surface area contributed by atoms with Crippen molar-refractivity contribution in [2.45, 2.75) is 5.16 Å². The number of aromatic nitrogens is 3. The van der Waals surface area contributed by atoms with E-state index in [1.165, 1.54) is 16.3 Å². The Kier molecular flexibility index (Phi) is 4.06. The van der Waals surface area contributed by atoms with Gasteiger partial charge < -0.3 is 4.90 Å². The van der Waals surface area contributed by atoms with Gasteiger partial charge in [-0.05, 0) is 12.1 Å². The summed E-state index contributed by atoms with van der Waals surface area (Å²) in [4.78, 5) is 24.8. The van der Waals surface area contributed by atoms with E-state index in [1.54, 1.807) is 19.0 Å². The molecule has 0 saturated heterocycles. The zero-order chi connectivity index (χ0) is 13.8. The molecule has 100 valence electrons. The van der Waals surface area contributed by atoms with Crippen LogP contribution in [0.5, 0.6) is 0 Å². The van der Waals surface area contributed by atoms with E-state index in [0.29, 0.717) is 5.16 Å². The molecule has 7 heteroatoms. The van der Waals surface area contributed by atoms with Gasteiger partial charge in [0.25, 0.3) is 0 Å². The van der Waals surface area contributed by atoms with E-state index in [0.717, 1.165) is 5.69 Å². The number of amides is 1. The minimum atomic E-state index is -0.286. The van der Waals surface area contributed by atoms with Crippen LogP contribution >= 0.6 is 11.8 Å². The van der Waals surface area contributed by atoms with Crippen LogP contribution in [-0.2, 0) is 11.8 Å². The van der Waals surface area contributed by atoms with Crippen molar-refractivity contribution in [3.63, 3.8) is 0 Å². The molecule has 0 saturated carbocycles. The first-order valence-electron chi connectivity index (χ1n) is 5.65. The molecule has 0 fully saturated rings. The number of hydrogen-bond donors (Lipinski definition) is 1. The summed E-state index contributed by atoms with van der Waals surface area (Å²) in [6.45, 7) is 0. The van der Waals surface area contributed by atoms with E-state index in [-0.39, 0.29) is 17.3 Å². The highest BCUT2D eigenvalue weighted by molar-refractivity contribution is 7.99. The van der Waals surface area contributed by atoms with E-state index in [4.69, 9.17) is 0 Å². The van der Waals surface area contributed by atoms with Crippen LogP contribution in [0.1, 0.15) is 0 Å². The zero-order valence-electron chi connectivity index (χ0n) is 10.7. The fourth-order valence-electron chi connectivity index (χ4n) is 1.48. The van der Waals surface area contributed by atoms with Crippen LogP contribution in [-0.4, -0.2) is 33.5 Å². The lowest BCUT2D eigenvalue weighted by Crippen LogP contribution is -2.28. The Morgan fingerprint density at radius 1 is 1.42 bits per heavy atom. The van der Waals surface area contributed by atoms with E-state index in [2.05, 4.69) is 10.2 Å². The van der Waals surface area contributed by atoms with Crippen molar-refractivity contribution in [2.24, 2.45) is 7.05 Å². The number of aromatic amines is 1. The maximum atomic E-state index is 12.0. The number of anilines is 1. The molecule has 0 bridgehead atoms. The monoisotopic (exact) mass is 278 g/mol. The summed E-state index contributed by atoms with van der Waals surface area (Å²) < 4.78 is 1.38. The van der Waals surface area contributed by atoms with Crippen LogP contribution in [0.25, 0.3) is 0 Å². The van der Waals surface area contributed by atoms with Crippen LogP contribution in [0.4, 0.5) is 5.69 Å². The SMILES string of the molecule is CN(C(=O)CSc1n[nH]c(=O)n1C)c1ccccc1. The second-order valence-electron chi connectivity index (χ2n) is 3.95. The second-order valence-corrected chi connectivity index (χ2v) is 4.89. The maximum Gasteiger partial charge on any atom is 0.343 e. The summed E-state index contributed by atoms with van der Waals surface area (Å²) in [6, 6.07) is 9.39. The van der Waals surface area contributed by atoms with Crippen LogP contribution < -0.4 is 10.6 Å². The summed E-state index contributed by atoms with van der Waals surface area (Å²) in [5, 5.41) is 6.67. The molecular formula is C12H14N4O2S. The van der Waals surface area contributed by atoms with Gasteiger partial charge in [0.2, 0.25) is 5.91 Å². The number of thioether (sulfide) groups is 1. The Hall–Kier alpha value is -2.02. The number of carbonyl (C=O) groups is 1. The van der Waals surface area contributed by atoms with E-state index in [9.17, 15) is 9.59 Å². The second kappa shape index (κ2) is 5.75. The lowest BCUT2D eigenvalue weighted by Gasteiger charge is -2.16. The molecule has 1 amide bonds. The normalized spacial score (nSPS) is 10.4. The number of para-hydroxylation sites is 1. The summed E-state index contributed by atoms with van der Waals surface area (Å²) in [5.74, 6) is 0.176. The van der Waals surface area contributed by atoms with Crippen molar-refractivity contribution >= 4 is 23.4 Å². The predicted octanol–water partition coefficient (Wildman–Crippen LogP) is 0.863. The summed E-state index contributed by atoms with van der Waals surface area (Å²) in [7, 11) is 3.33. The number of benzene rings is 1. The van der Waals surface area contributed by atoms with Gasteiger partial charge in [0.1, 0.15) is 0 Å². The van der Waals surface area contributed by atoms with Gasteiger partial charge in [0.15, 0.2) is 5.16 Å². The largest absolute Gasteiger partial charge is 0.343 e. The third kappa shape index (κ3) is 3.05. The van der Waals surface area contributed by atoms with Gasteiger partial charge >= 0.3 is 5.69 Å². The van der Waals surface area contributed by atoms with Crippen LogP contribution in [0.3, 0.4) is 0 Å². The first kappa shape index (κ1) is 13.4. The Morgan fingerprint density at radius 3 is 2.68 bits per heavy atom. The highest BCUT2D eigenvalue weighted by atomic mass is 32.2. The first-order chi connectivity index (χ1) is 9.09. The molecule has 1 aromatic carbocycles. The molecular weight excluding hydrogens is 264 g/mol. The summed E-state index contributed by atoms with van der Waals surface area (Å²) >= 11 is 1.23. The lowest BCUT2D eigenvalue weighted by atomic mass is 10.3. The fraction of sp³-hybridized carbons (Fsp3) is 0.250. The highest BCUT2D eigenvalue weighted by Crippen LogP contribution is 2.16. The molecule has 0 atom stereocenters. The fourth-order valence-corrected chi connectivity index (χ4v) is 2.31. The Morgan fingerprint density at radius 2 is 2.11 bits per heavy atom. The zero-order valence-corrected chi connectivity index (χ0v) is 11.5. The molecule has 0 spiro atoms. The molecule has 0 aliphatic carbocycles. The van der Waals surface area contributed by atoms with Crippen molar-refractivity contribution in [1.29, 1.82) is 0 Å².